The second-order valence-electron chi connectivity index (χ2n) is 5.59. The van der Waals surface area contributed by atoms with Gasteiger partial charge in [-0.2, -0.15) is 0 Å². The molecule has 1 amide bonds. The van der Waals surface area contributed by atoms with Crippen molar-refractivity contribution >= 4 is 39.0 Å². The van der Waals surface area contributed by atoms with E-state index in [9.17, 15) is 18.0 Å². The molecule has 0 radical (unpaired) electrons. The fourth-order valence-electron chi connectivity index (χ4n) is 2.40. The molecule has 0 bridgehead atoms. The first-order valence-corrected chi connectivity index (χ1v) is 9.38. The van der Waals surface area contributed by atoms with Crippen molar-refractivity contribution in [2.24, 2.45) is 5.92 Å². The van der Waals surface area contributed by atoms with Crippen LogP contribution in [0.15, 0.2) is 18.2 Å². The minimum atomic E-state index is -3.02. The molecule has 1 atom stereocenters. The van der Waals surface area contributed by atoms with Gasteiger partial charge in [-0.25, -0.2) is 8.42 Å². The molecule has 0 spiro atoms. The second-order valence-corrected chi connectivity index (χ2v) is 8.23. The lowest BCUT2D eigenvalue weighted by molar-refractivity contribution is -0.148. The van der Waals surface area contributed by atoms with E-state index in [1.165, 1.54) is 0 Å². The summed E-state index contributed by atoms with van der Waals surface area (Å²) in [5.41, 5.74) is 1.28. The van der Waals surface area contributed by atoms with Crippen LogP contribution in [0.2, 0.25) is 5.02 Å². The van der Waals surface area contributed by atoms with Crippen molar-refractivity contribution in [1.29, 1.82) is 0 Å². The SMILES string of the molecule is Cc1c(Cl)cccc1NC(=O)COC(=O)C[C@@H]1CCS(=O)(=O)C1. The number of carbonyl (C=O) groups is 2. The highest BCUT2D eigenvalue weighted by molar-refractivity contribution is 7.91. The van der Waals surface area contributed by atoms with E-state index >= 15 is 0 Å². The highest BCUT2D eigenvalue weighted by Gasteiger charge is 2.29. The molecule has 1 aliphatic heterocycles. The number of esters is 1. The van der Waals surface area contributed by atoms with E-state index in [0.717, 1.165) is 5.56 Å². The third-order valence-electron chi connectivity index (χ3n) is 3.69. The zero-order chi connectivity index (χ0) is 17.0. The Morgan fingerprint density at radius 2 is 2.13 bits per heavy atom. The minimum absolute atomic E-state index is 0.00993. The highest BCUT2D eigenvalue weighted by atomic mass is 35.5. The number of benzene rings is 1. The number of hydrogen-bond donors (Lipinski definition) is 1. The van der Waals surface area contributed by atoms with Crippen LogP contribution in [0.3, 0.4) is 0 Å². The molecule has 0 saturated carbocycles. The normalized spacial score (nSPS) is 19.3. The maximum absolute atomic E-state index is 11.8. The van der Waals surface area contributed by atoms with Crippen LogP contribution in [-0.2, 0) is 24.2 Å². The Bertz CT molecular complexity index is 717. The van der Waals surface area contributed by atoms with Crippen LogP contribution in [0.1, 0.15) is 18.4 Å². The van der Waals surface area contributed by atoms with Gasteiger partial charge in [0.25, 0.3) is 5.91 Å². The Kier molecular flexibility index (Phi) is 5.64. The van der Waals surface area contributed by atoms with Gasteiger partial charge in [0.05, 0.1) is 11.5 Å². The van der Waals surface area contributed by atoms with Gasteiger partial charge in [0.1, 0.15) is 0 Å². The molecule has 1 heterocycles. The van der Waals surface area contributed by atoms with Gasteiger partial charge in [0.2, 0.25) is 0 Å². The summed E-state index contributed by atoms with van der Waals surface area (Å²) in [7, 11) is -3.02. The summed E-state index contributed by atoms with van der Waals surface area (Å²) in [5, 5.41) is 3.15. The molecule has 0 aliphatic carbocycles. The average Bonchev–Trinajstić information content (AvgIpc) is 2.81. The molecule has 6 nitrogen and oxygen atoms in total. The van der Waals surface area contributed by atoms with Crippen LogP contribution in [0.4, 0.5) is 5.69 Å². The lowest BCUT2D eigenvalue weighted by atomic mass is 10.1. The zero-order valence-corrected chi connectivity index (χ0v) is 14.2. The molecule has 0 aromatic heterocycles. The molecule has 1 aliphatic rings. The molecule has 1 N–H and O–H groups in total. The smallest absolute Gasteiger partial charge is 0.306 e. The van der Waals surface area contributed by atoms with Crippen LogP contribution in [0.5, 0.6) is 0 Å². The topological polar surface area (TPSA) is 89.5 Å². The molecule has 1 aromatic rings. The number of ether oxygens (including phenoxy) is 1. The lowest BCUT2D eigenvalue weighted by Crippen LogP contribution is -2.22. The number of nitrogens with one attached hydrogen (secondary N) is 1. The summed E-state index contributed by atoms with van der Waals surface area (Å²) in [6.07, 6.45) is 0.480. The number of sulfone groups is 1. The Balaban J connectivity index is 1.78. The van der Waals surface area contributed by atoms with Gasteiger partial charge in [-0.1, -0.05) is 17.7 Å². The molecular weight excluding hydrogens is 342 g/mol. The van der Waals surface area contributed by atoms with E-state index in [0.29, 0.717) is 17.1 Å². The fraction of sp³-hybridized carbons (Fsp3) is 0.467. The number of rotatable bonds is 5. The second kappa shape index (κ2) is 7.31. The van der Waals surface area contributed by atoms with Crippen molar-refractivity contribution in [2.45, 2.75) is 19.8 Å². The molecule has 8 heteroatoms. The van der Waals surface area contributed by atoms with Gasteiger partial charge in [0, 0.05) is 17.1 Å². The van der Waals surface area contributed by atoms with Gasteiger partial charge < -0.3 is 10.1 Å². The minimum Gasteiger partial charge on any atom is -0.456 e. The van der Waals surface area contributed by atoms with Crippen molar-refractivity contribution < 1.29 is 22.7 Å². The van der Waals surface area contributed by atoms with Crippen LogP contribution >= 0.6 is 11.6 Å². The van der Waals surface area contributed by atoms with E-state index in [1.54, 1.807) is 25.1 Å². The van der Waals surface area contributed by atoms with Crippen LogP contribution in [0, 0.1) is 12.8 Å². The van der Waals surface area contributed by atoms with Crippen LogP contribution < -0.4 is 5.32 Å². The maximum atomic E-state index is 11.8. The molecular formula is C15H18ClNO5S. The van der Waals surface area contributed by atoms with E-state index in [-0.39, 0.29) is 23.8 Å². The first kappa shape index (κ1) is 17.7. The third kappa shape index (κ3) is 5.21. The molecule has 23 heavy (non-hydrogen) atoms. The number of hydrogen-bond acceptors (Lipinski definition) is 5. The van der Waals surface area contributed by atoms with Crippen molar-refractivity contribution in [3.8, 4) is 0 Å². The molecule has 1 saturated heterocycles. The summed E-state index contributed by atoms with van der Waals surface area (Å²) in [5.74, 6) is -1.13. The van der Waals surface area contributed by atoms with Crippen molar-refractivity contribution in [3.05, 3.63) is 28.8 Å². The summed E-state index contributed by atoms with van der Waals surface area (Å²) >= 11 is 5.96. The predicted molar refractivity (Wildman–Crippen MR) is 87.2 cm³/mol. The van der Waals surface area contributed by atoms with E-state index in [2.05, 4.69) is 5.32 Å². The number of carbonyl (C=O) groups excluding carboxylic acids is 2. The van der Waals surface area contributed by atoms with Crippen molar-refractivity contribution in [1.82, 2.24) is 0 Å². The van der Waals surface area contributed by atoms with Gasteiger partial charge in [-0.05, 0) is 37.0 Å². The molecule has 126 valence electrons. The summed E-state index contributed by atoms with van der Waals surface area (Å²) in [6.45, 7) is 1.36. The van der Waals surface area contributed by atoms with E-state index in [1.807, 2.05) is 0 Å². The average molecular weight is 360 g/mol. The van der Waals surface area contributed by atoms with Gasteiger partial charge in [0.15, 0.2) is 16.4 Å². The lowest BCUT2D eigenvalue weighted by Gasteiger charge is -2.11. The monoisotopic (exact) mass is 359 g/mol. The summed E-state index contributed by atoms with van der Waals surface area (Å²) < 4.78 is 27.5. The first-order valence-electron chi connectivity index (χ1n) is 7.18. The Morgan fingerprint density at radius 3 is 2.78 bits per heavy atom. The van der Waals surface area contributed by atoms with Gasteiger partial charge >= 0.3 is 5.97 Å². The van der Waals surface area contributed by atoms with Crippen molar-refractivity contribution in [3.63, 3.8) is 0 Å². The Morgan fingerprint density at radius 1 is 1.39 bits per heavy atom. The fourth-order valence-corrected chi connectivity index (χ4v) is 4.44. The quantitative estimate of drug-likeness (QED) is 0.811. The largest absolute Gasteiger partial charge is 0.456 e. The zero-order valence-electron chi connectivity index (χ0n) is 12.7. The Hall–Kier alpha value is -1.60. The summed E-state index contributed by atoms with van der Waals surface area (Å²) in [4.78, 5) is 23.5. The van der Waals surface area contributed by atoms with Crippen LogP contribution in [-0.4, -0.2) is 38.4 Å². The molecule has 1 fully saturated rings. The molecule has 1 aromatic carbocycles. The number of halogens is 1. The predicted octanol–water partition coefficient (Wildman–Crippen LogP) is 1.95. The van der Waals surface area contributed by atoms with Gasteiger partial charge in [-0.3, -0.25) is 9.59 Å². The molecule has 0 unspecified atom stereocenters. The highest BCUT2D eigenvalue weighted by Crippen LogP contribution is 2.23. The first-order chi connectivity index (χ1) is 10.8. The van der Waals surface area contributed by atoms with E-state index < -0.39 is 28.3 Å². The van der Waals surface area contributed by atoms with Gasteiger partial charge in [-0.15, -0.1) is 0 Å². The standard InChI is InChI=1S/C15H18ClNO5S/c1-10-12(16)3-2-4-13(10)17-14(18)8-22-15(19)7-11-5-6-23(20,21)9-11/h2-4,11H,5-9H2,1H3,(H,17,18)/t11-/m0/s1. The van der Waals surface area contributed by atoms with Crippen molar-refractivity contribution in [2.75, 3.05) is 23.4 Å². The maximum Gasteiger partial charge on any atom is 0.306 e. The van der Waals surface area contributed by atoms with Crippen LogP contribution in [0.25, 0.3) is 0 Å². The third-order valence-corrected chi connectivity index (χ3v) is 5.93. The number of anilines is 1. The summed E-state index contributed by atoms with van der Waals surface area (Å²) in [6, 6.07) is 5.12. The van der Waals surface area contributed by atoms with E-state index in [4.69, 9.17) is 16.3 Å². The Labute approximate surface area is 140 Å². The molecule has 2 rings (SSSR count). The number of amides is 1.